The Kier molecular flexibility index (Phi) is 6.70. The fourth-order valence-corrected chi connectivity index (χ4v) is 2.74. The van der Waals surface area contributed by atoms with Crippen LogP contribution in [0, 0.1) is 0 Å². The van der Waals surface area contributed by atoms with Gasteiger partial charge in [-0.3, -0.25) is 0 Å². The van der Waals surface area contributed by atoms with Crippen molar-refractivity contribution in [3.63, 3.8) is 0 Å². The number of anilines is 2. The van der Waals surface area contributed by atoms with Crippen LogP contribution in [0.4, 0.5) is 11.4 Å². The molecule has 6 heteroatoms. The molecule has 0 aromatic heterocycles. The normalized spacial score (nSPS) is 10.1. The first-order valence-corrected chi connectivity index (χ1v) is 9.30. The standard InChI is InChI=1S/C22H22N2O3S/c1-3-26-18-11-13-20(14-12-18)27-19-9-7-16(8-10-19)23-22(28)24-17-5-4-6-21(15-17)25-2/h4-15H,3H2,1-2H3,(H2,23,24,28). The zero-order valence-corrected chi connectivity index (χ0v) is 16.6. The lowest BCUT2D eigenvalue weighted by Crippen LogP contribution is -2.18. The third-order valence-corrected chi connectivity index (χ3v) is 4.01. The van der Waals surface area contributed by atoms with Crippen LogP contribution in [0.15, 0.2) is 72.8 Å². The van der Waals surface area contributed by atoms with Crippen molar-refractivity contribution in [1.29, 1.82) is 0 Å². The molecule has 0 spiro atoms. The van der Waals surface area contributed by atoms with E-state index in [1.165, 1.54) is 0 Å². The maximum Gasteiger partial charge on any atom is 0.175 e. The van der Waals surface area contributed by atoms with Gasteiger partial charge in [0.25, 0.3) is 0 Å². The Morgan fingerprint density at radius 3 is 2.04 bits per heavy atom. The lowest BCUT2D eigenvalue weighted by Gasteiger charge is -2.12. The first-order valence-electron chi connectivity index (χ1n) is 8.89. The molecule has 0 amide bonds. The third kappa shape index (κ3) is 5.62. The van der Waals surface area contributed by atoms with Crippen LogP contribution in [0.25, 0.3) is 0 Å². The summed E-state index contributed by atoms with van der Waals surface area (Å²) in [4.78, 5) is 0. The highest BCUT2D eigenvalue weighted by Gasteiger charge is 2.02. The summed E-state index contributed by atoms with van der Waals surface area (Å²) in [6.45, 7) is 2.60. The molecule has 0 saturated carbocycles. The summed E-state index contributed by atoms with van der Waals surface area (Å²) in [5.41, 5.74) is 1.71. The molecule has 0 unspecified atom stereocenters. The van der Waals surface area contributed by atoms with Crippen molar-refractivity contribution in [2.45, 2.75) is 6.92 Å². The molecule has 0 bridgehead atoms. The Bertz CT molecular complexity index is 912. The van der Waals surface area contributed by atoms with Crippen LogP contribution in [0.2, 0.25) is 0 Å². The Morgan fingerprint density at radius 2 is 1.39 bits per heavy atom. The van der Waals surface area contributed by atoms with E-state index in [0.29, 0.717) is 11.7 Å². The second-order valence-electron chi connectivity index (χ2n) is 5.84. The molecule has 0 heterocycles. The Hall–Kier alpha value is -3.25. The predicted octanol–water partition coefficient (Wildman–Crippen LogP) is 5.70. The van der Waals surface area contributed by atoms with Gasteiger partial charge in [0.2, 0.25) is 0 Å². The number of methoxy groups -OCH3 is 1. The zero-order valence-electron chi connectivity index (χ0n) is 15.8. The summed E-state index contributed by atoms with van der Waals surface area (Å²) in [6.07, 6.45) is 0. The smallest absolute Gasteiger partial charge is 0.175 e. The van der Waals surface area contributed by atoms with Crippen LogP contribution < -0.4 is 24.8 Å². The molecule has 3 rings (SSSR count). The van der Waals surface area contributed by atoms with Crippen LogP contribution in [0.3, 0.4) is 0 Å². The van der Waals surface area contributed by atoms with Crippen LogP contribution >= 0.6 is 12.2 Å². The van der Waals surface area contributed by atoms with Gasteiger partial charge in [0.1, 0.15) is 23.0 Å². The topological polar surface area (TPSA) is 51.8 Å². The minimum absolute atomic E-state index is 0.494. The van der Waals surface area contributed by atoms with Gasteiger partial charge in [-0.2, -0.15) is 0 Å². The van der Waals surface area contributed by atoms with E-state index in [4.69, 9.17) is 26.4 Å². The number of ether oxygens (including phenoxy) is 3. The molecule has 144 valence electrons. The molecule has 3 aromatic carbocycles. The lowest BCUT2D eigenvalue weighted by atomic mass is 10.3. The van der Waals surface area contributed by atoms with Crippen molar-refractivity contribution in [3.8, 4) is 23.0 Å². The van der Waals surface area contributed by atoms with Crippen molar-refractivity contribution >= 4 is 28.7 Å². The van der Waals surface area contributed by atoms with Gasteiger partial charge in [0, 0.05) is 17.4 Å². The van der Waals surface area contributed by atoms with E-state index >= 15 is 0 Å². The van der Waals surface area contributed by atoms with E-state index in [0.717, 1.165) is 34.4 Å². The van der Waals surface area contributed by atoms with E-state index < -0.39 is 0 Å². The fraction of sp³-hybridized carbons (Fsp3) is 0.136. The maximum atomic E-state index is 5.85. The SMILES string of the molecule is CCOc1ccc(Oc2ccc(NC(=S)Nc3cccc(OC)c3)cc2)cc1. The first-order chi connectivity index (χ1) is 13.7. The molecule has 0 radical (unpaired) electrons. The summed E-state index contributed by atoms with van der Waals surface area (Å²) >= 11 is 5.36. The number of benzene rings is 3. The van der Waals surface area contributed by atoms with Crippen LogP contribution in [0.5, 0.6) is 23.0 Å². The molecule has 0 aliphatic heterocycles. The average molecular weight is 394 g/mol. The van der Waals surface area contributed by atoms with E-state index in [9.17, 15) is 0 Å². The molecule has 5 nitrogen and oxygen atoms in total. The zero-order chi connectivity index (χ0) is 19.8. The average Bonchev–Trinajstić information content (AvgIpc) is 2.71. The summed E-state index contributed by atoms with van der Waals surface area (Å²) in [6, 6.07) is 22.7. The van der Waals surface area contributed by atoms with Gasteiger partial charge in [-0.05, 0) is 79.8 Å². The van der Waals surface area contributed by atoms with Crippen LogP contribution in [0.1, 0.15) is 6.92 Å². The van der Waals surface area contributed by atoms with Gasteiger partial charge in [-0.15, -0.1) is 0 Å². The molecule has 0 aliphatic carbocycles. The van der Waals surface area contributed by atoms with E-state index in [-0.39, 0.29) is 0 Å². The Morgan fingerprint density at radius 1 is 0.786 bits per heavy atom. The van der Waals surface area contributed by atoms with Gasteiger partial charge < -0.3 is 24.8 Å². The lowest BCUT2D eigenvalue weighted by molar-refractivity contribution is 0.339. The molecule has 3 aromatic rings. The van der Waals surface area contributed by atoms with Gasteiger partial charge in [0.15, 0.2) is 5.11 Å². The van der Waals surface area contributed by atoms with E-state index in [2.05, 4.69) is 10.6 Å². The minimum Gasteiger partial charge on any atom is -0.497 e. The second kappa shape index (κ2) is 9.62. The Balaban J connectivity index is 1.55. The number of hydrogen-bond donors (Lipinski definition) is 2. The highest BCUT2D eigenvalue weighted by molar-refractivity contribution is 7.80. The number of nitrogens with one attached hydrogen (secondary N) is 2. The molecule has 0 fully saturated rings. The van der Waals surface area contributed by atoms with Gasteiger partial charge in [-0.1, -0.05) is 6.07 Å². The van der Waals surface area contributed by atoms with Crippen molar-refractivity contribution in [3.05, 3.63) is 72.8 Å². The number of hydrogen-bond acceptors (Lipinski definition) is 4. The molecule has 0 aliphatic rings. The van der Waals surface area contributed by atoms with Gasteiger partial charge in [-0.25, -0.2) is 0 Å². The summed E-state index contributed by atoms with van der Waals surface area (Å²) in [5.74, 6) is 3.08. The van der Waals surface area contributed by atoms with E-state index in [1.54, 1.807) is 7.11 Å². The first kappa shape index (κ1) is 19.5. The van der Waals surface area contributed by atoms with E-state index in [1.807, 2.05) is 79.7 Å². The predicted molar refractivity (Wildman–Crippen MR) is 117 cm³/mol. The molecule has 2 N–H and O–H groups in total. The minimum atomic E-state index is 0.494. The monoisotopic (exact) mass is 394 g/mol. The van der Waals surface area contributed by atoms with Crippen LogP contribution in [-0.4, -0.2) is 18.8 Å². The van der Waals surface area contributed by atoms with Crippen molar-refractivity contribution in [2.24, 2.45) is 0 Å². The molecule has 0 atom stereocenters. The third-order valence-electron chi connectivity index (χ3n) is 3.81. The van der Waals surface area contributed by atoms with Crippen molar-refractivity contribution < 1.29 is 14.2 Å². The second-order valence-corrected chi connectivity index (χ2v) is 6.25. The molecule has 28 heavy (non-hydrogen) atoms. The number of rotatable bonds is 7. The Labute approximate surface area is 170 Å². The maximum absolute atomic E-state index is 5.85. The molecular weight excluding hydrogens is 372 g/mol. The fourth-order valence-electron chi connectivity index (χ4n) is 2.51. The van der Waals surface area contributed by atoms with Crippen molar-refractivity contribution in [2.75, 3.05) is 24.4 Å². The highest BCUT2D eigenvalue weighted by atomic mass is 32.1. The number of thiocarbonyl (C=S) groups is 1. The summed E-state index contributed by atoms with van der Waals surface area (Å²) in [7, 11) is 1.63. The van der Waals surface area contributed by atoms with Gasteiger partial charge in [0.05, 0.1) is 13.7 Å². The quantitative estimate of drug-likeness (QED) is 0.502. The molecular formula is C22H22N2O3S. The highest BCUT2D eigenvalue weighted by Crippen LogP contribution is 2.25. The van der Waals surface area contributed by atoms with Crippen molar-refractivity contribution in [1.82, 2.24) is 0 Å². The summed E-state index contributed by atoms with van der Waals surface area (Å²) < 4.78 is 16.5. The molecule has 0 saturated heterocycles. The summed E-state index contributed by atoms with van der Waals surface area (Å²) in [5, 5.41) is 6.77. The largest absolute Gasteiger partial charge is 0.497 e. The van der Waals surface area contributed by atoms with Gasteiger partial charge >= 0.3 is 0 Å². The van der Waals surface area contributed by atoms with Crippen LogP contribution in [-0.2, 0) is 0 Å².